The third kappa shape index (κ3) is 7.76. The van der Waals surface area contributed by atoms with Crippen molar-refractivity contribution in [2.45, 2.75) is 39.2 Å². The molecule has 0 unspecified atom stereocenters. The van der Waals surface area contributed by atoms with Gasteiger partial charge in [0.1, 0.15) is 17.5 Å². The van der Waals surface area contributed by atoms with Crippen LogP contribution in [0.25, 0.3) is 0 Å². The molecule has 0 aliphatic rings. The Labute approximate surface area is 247 Å². The standard InChI is InChI=1S/C33H35N3O5S/c1-23(36(42(5,39)40)28-18-20-30(21-19-28)41-29-12-7-6-8-13-29)31(37)34-26-10-9-11-27(22-26)35-32(38)24-14-16-25(17-15-24)33(2,3)4/h6-23H,1-5H3,(H,34,37)(H,35,38)/t23-/m0/s1. The summed E-state index contributed by atoms with van der Waals surface area (Å²) in [6, 6.07) is 28.7. The minimum Gasteiger partial charge on any atom is -0.457 e. The van der Waals surface area contributed by atoms with Crippen molar-refractivity contribution in [2.75, 3.05) is 21.2 Å². The van der Waals surface area contributed by atoms with Crippen LogP contribution in [0.15, 0.2) is 103 Å². The summed E-state index contributed by atoms with van der Waals surface area (Å²) in [5, 5.41) is 5.61. The Morgan fingerprint density at radius 1 is 0.762 bits per heavy atom. The van der Waals surface area contributed by atoms with E-state index in [-0.39, 0.29) is 11.3 Å². The van der Waals surface area contributed by atoms with Crippen molar-refractivity contribution in [1.29, 1.82) is 0 Å². The van der Waals surface area contributed by atoms with Gasteiger partial charge in [-0.2, -0.15) is 0 Å². The minimum atomic E-state index is -3.82. The van der Waals surface area contributed by atoms with Crippen LogP contribution in [0.1, 0.15) is 43.6 Å². The number of nitrogens with one attached hydrogen (secondary N) is 2. The lowest BCUT2D eigenvalue weighted by Crippen LogP contribution is -2.45. The van der Waals surface area contributed by atoms with Crippen LogP contribution < -0.4 is 19.7 Å². The number of benzene rings is 4. The summed E-state index contributed by atoms with van der Waals surface area (Å²) in [6.45, 7) is 7.83. The highest BCUT2D eigenvalue weighted by atomic mass is 32.2. The quantitative estimate of drug-likeness (QED) is 0.224. The van der Waals surface area contributed by atoms with Gasteiger partial charge in [-0.3, -0.25) is 13.9 Å². The fourth-order valence-corrected chi connectivity index (χ4v) is 5.52. The summed E-state index contributed by atoms with van der Waals surface area (Å²) >= 11 is 0. The number of sulfonamides is 1. The molecule has 4 aromatic rings. The summed E-state index contributed by atoms with van der Waals surface area (Å²) < 4.78 is 32.4. The lowest BCUT2D eigenvalue weighted by atomic mass is 9.87. The van der Waals surface area contributed by atoms with Gasteiger partial charge < -0.3 is 15.4 Å². The molecule has 0 aromatic heterocycles. The number of amides is 2. The Bertz CT molecular complexity index is 1650. The van der Waals surface area contributed by atoms with Gasteiger partial charge in [-0.05, 0) is 84.6 Å². The Balaban J connectivity index is 1.45. The zero-order valence-electron chi connectivity index (χ0n) is 24.3. The van der Waals surface area contributed by atoms with E-state index in [1.54, 1.807) is 60.7 Å². The normalized spacial score (nSPS) is 12.2. The summed E-state index contributed by atoms with van der Waals surface area (Å²) in [5.74, 6) is 0.357. The number of anilines is 3. The predicted molar refractivity (Wildman–Crippen MR) is 168 cm³/mol. The maximum Gasteiger partial charge on any atom is 0.255 e. The van der Waals surface area contributed by atoms with Gasteiger partial charge in [0, 0.05) is 16.9 Å². The van der Waals surface area contributed by atoms with Crippen LogP contribution in [0.3, 0.4) is 0 Å². The molecule has 0 fully saturated rings. The Hall–Kier alpha value is -4.63. The van der Waals surface area contributed by atoms with Crippen molar-refractivity contribution in [2.24, 2.45) is 0 Å². The predicted octanol–water partition coefficient (Wildman–Crippen LogP) is 6.82. The highest BCUT2D eigenvalue weighted by Gasteiger charge is 2.29. The monoisotopic (exact) mass is 585 g/mol. The van der Waals surface area contributed by atoms with Gasteiger partial charge in [0.05, 0.1) is 11.9 Å². The van der Waals surface area contributed by atoms with E-state index in [0.29, 0.717) is 34.1 Å². The molecule has 2 N–H and O–H groups in total. The van der Waals surface area contributed by atoms with Crippen molar-refractivity contribution in [3.8, 4) is 11.5 Å². The number of nitrogens with zero attached hydrogens (tertiary/aromatic N) is 1. The molecule has 4 aromatic carbocycles. The molecule has 0 heterocycles. The maximum atomic E-state index is 13.2. The van der Waals surface area contributed by atoms with Crippen LogP contribution in [-0.2, 0) is 20.2 Å². The number of rotatable bonds is 9. The van der Waals surface area contributed by atoms with Crippen molar-refractivity contribution >= 4 is 38.9 Å². The van der Waals surface area contributed by atoms with E-state index in [2.05, 4.69) is 31.4 Å². The molecule has 0 saturated heterocycles. The van der Waals surface area contributed by atoms with Crippen molar-refractivity contribution < 1.29 is 22.7 Å². The molecule has 0 bridgehead atoms. The van der Waals surface area contributed by atoms with E-state index in [9.17, 15) is 18.0 Å². The molecule has 0 radical (unpaired) electrons. The molecule has 2 amide bonds. The lowest BCUT2D eigenvalue weighted by Gasteiger charge is -2.28. The second kappa shape index (κ2) is 12.5. The number of ether oxygens (including phenoxy) is 1. The molecular formula is C33H35N3O5S. The number of carbonyl (C=O) groups is 2. The zero-order valence-corrected chi connectivity index (χ0v) is 25.1. The largest absolute Gasteiger partial charge is 0.457 e. The van der Waals surface area contributed by atoms with Crippen molar-refractivity contribution in [3.63, 3.8) is 0 Å². The van der Waals surface area contributed by atoms with Gasteiger partial charge in [-0.1, -0.05) is 57.2 Å². The maximum absolute atomic E-state index is 13.2. The zero-order chi connectivity index (χ0) is 30.5. The summed E-state index contributed by atoms with van der Waals surface area (Å²) in [6.07, 6.45) is 1.05. The van der Waals surface area contributed by atoms with E-state index in [1.165, 1.54) is 6.92 Å². The van der Waals surface area contributed by atoms with Crippen LogP contribution in [0.2, 0.25) is 0 Å². The fraction of sp³-hybridized carbons (Fsp3) is 0.212. The smallest absolute Gasteiger partial charge is 0.255 e. The molecule has 8 nitrogen and oxygen atoms in total. The van der Waals surface area contributed by atoms with Crippen LogP contribution in [0, 0.1) is 0 Å². The van der Waals surface area contributed by atoms with Crippen LogP contribution in [0.5, 0.6) is 11.5 Å². The average Bonchev–Trinajstić information content (AvgIpc) is 2.93. The van der Waals surface area contributed by atoms with E-state index in [0.717, 1.165) is 16.1 Å². The van der Waals surface area contributed by atoms with Gasteiger partial charge in [-0.25, -0.2) is 8.42 Å². The van der Waals surface area contributed by atoms with Gasteiger partial charge in [-0.15, -0.1) is 0 Å². The number of para-hydroxylation sites is 1. The Morgan fingerprint density at radius 2 is 1.33 bits per heavy atom. The first-order valence-electron chi connectivity index (χ1n) is 13.5. The molecule has 0 aliphatic carbocycles. The number of hydrogen-bond donors (Lipinski definition) is 2. The number of carbonyl (C=O) groups excluding carboxylic acids is 2. The first kappa shape index (κ1) is 30.3. The molecule has 1 atom stereocenters. The van der Waals surface area contributed by atoms with Gasteiger partial charge in [0.2, 0.25) is 15.9 Å². The second-order valence-electron chi connectivity index (χ2n) is 11.0. The topological polar surface area (TPSA) is 105 Å². The van der Waals surface area contributed by atoms with E-state index in [1.807, 2.05) is 42.5 Å². The summed E-state index contributed by atoms with van der Waals surface area (Å²) in [5.41, 5.74) is 2.82. The van der Waals surface area contributed by atoms with E-state index < -0.39 is 22.0 Å². The first-order valence-corrected chi connectivity index (χ1v) is 15.3. The highest BCUT2D eigenvalue weighted by Crippen LogP contribution is 2.28. The lowest BCUT2D eigenvalue weighted by molar-refractivity contribution is -0.116. The number of hydrogen-bond acceptors (Lipinski definition) is 5. The van der Waals surface area contributed by atoms with Crippen LogP contribution >= 0.6 is 0 Å². The SMILES string of the molecule is C[C@@H](C(=O)Nc1cccc(NC(=O)c2ccc(C(C)(C)C)cc2)c1)N(c1ccc(Oc2ccccc2)cc1)S(C)(=O)=O. The molecule has 4 rings (SSSR count). The molecule has 0 aliphatic heterocycles. The third-order valence-corrected chi connectivity index (χ3v) is 7.80. The molecular weight excluding hydrogens is 550 g/mol. The summed E-state index contributed by atoms with van der Waals surface area (Å²) in [7, 11) is -3.82. The van der Waals surface area contributed by atoms with E-state index in [4.69, 9.17) is 4.74 Å². The van der Waals surface area contributed by atoms with Gasteiger partial charge in [0.25, 0.3) is 5.91 Å². The molecule has 42 heavy (non-hydrogen) atoms. The third-order valence-electron chi connectivity index (χ3n) is 6.56. The minimum absolute atomic E-state index is 0.0222. The van der Waals surface area contributed by atoms with Crippen molar-refractivity contribution in [3.05, 3.63) is 114 Å². The van der Waals surface area contributed by atoms with Crippen LogP contribution in [-0.4, -0.2) is 32.5 Å². The molecule has 0 spiro atoms. The average molecular weight is 586 g/mol. The van der Waals surface area contributed by atoms with Crippen LogP contribution in [0.4, 0.5) is 17.1 Å². The fourth-order valence-electron chi connectivity index (χ4n) is 4.34. The Morgan fingerprint density at radius 3 is 1.90 bits per heavy atom. The van der Waals surface area contributed by atoms with Gasteiger partial charge >= 0.3 is 0 Å². The highest BCUT2D eigenvalue weighted by molar-refractivity contribution is 7.92. The van der Waals surface area contributed by atoms with Gasteiger partial charge in [0.15, 0.2) is 0 Å². The van der Waals surface area contributed by atoms with Crippen molar-refractivity contribution in [1.82, 2.24) is 0 Å². The molecule has 0 saturated carbocycles. The molecule has 218 valence electrons. The molecule has 9 heteroatoms. The summed E-state index contributed by atoms with van der Waals surface area (Å²) in [4.78, 5) is 26.0. The Kier molecular flexibility index (Phi) is 9.02. The first-order chi connectivity index (χ1) is 19.8. The van der Waals surface area contributed by atoms with E-state index >= 15 is 0 Å². The second-order valence-corrected chi connectivity index (χ2v) is 12.9.